The summed E-state index contributed by atoms with van der Waals surface area (Å²) >= 11 is 3.50. The van der Waals surface area contributed by atoms with Crippen LogP contribution in [-0.4, -0.2) is 34.1 Å². The van der Waals surface area contributed by atoms with Crippen LogP contribution in [0.1, 0.15) is 41.9 Å². The standard InChI is InChI=1S/C19H22N2OS2/c1-2-15-12-23-18(20-15)14-7-5-9-21(11-14)19(22)17-10-13-6-3-4-8-16(13)24-17/h3-4,6,8,12,14,17H,2,5,7,9-11H2,1H3. The van der Waals surface area contributed by atoms with Crippen molar-refractivity contribution in [2.45, 2.75) is 48.7 Å². The number of hydrogen-bond acceptors (Lipinski definition) is 4. The first-order valence-electron chi connectivity index (χ1n) is 8.72. The second kappa shape index (κ2) is 6.89. The molecule has 126 valence electrons. The lowest BCUT2D eigenvalue weighted by Gasteiger charge is -2.33. The van der Waals surface area contributed by atoms with Crippen molar-refractivity contribution >= 4 is 29.0 Å². The lowest BCUT2D eigenvalue weighted by Crippen LogP contribution is -2.43. The quantitative estimate of drug-likeness (QED) is 0.827. The molecule has 1 fully saturated rings. The molecular formula is C19H22N2OS2. The number of amides is 1. The van der Waals surface area contributed by atoms with E-state index in [4.69, 9.17) is 4.98 Å². The molecule has 0 aliphatic carbocycles. The number of hydrogen-bond donors (Lipinski definition) is 0. The summed E-state index contributed by atoms with van der Waals surface area (Å²) in [6.45, 7) is 3.88. The maximum Gasteiger partial charge on any atom is 0.236 e. The van der Waals surface area contributed by atoms with Crippen molar-refractivity contribution in [3.8, 4) is 0 Å². The second-order valence-corrected chi connectivity index (χ2v) is 8.71. The third kappa shape index (κ3) is 3.11. The minimum atomic E-state index is 0.0589. The minimum Gasteiger partial charge on any atom is -0.341 e. The van der Waals surface area contributed by atoms with Crippen LogP contribution in [0.4, 0.5) is 0 Å². The van der Waals surface area contributed by atoms with Gasteiger partial charge in [-0.3, -0.25) is 4.79 Å². The normalized spacial score (nSPS) is 23.3. The summed E-state index contributed by atoms with van der Waals surface area (Å²) in [6, 6.07) is 8.41. The summed E-state index contributed by atoms with van der Waals surface area (Å²) in [5.41, 5.74) is 2.50. The maximum absolute atomic E-state index is 13.0. The van der Waals surface area contributed by atoms with Gasteiger partial charge in [-0.1, -0.05) is 25.1 Å². The lowest BCUT2D eigenvalue weighted by molar-refractivity contribution is -0.131. The Morgan fingerprint density at radius 1 is 1.38 bits per heavy atom. The van der Waals surface area contributed by atoms with Crippen LogP contribution in [0.15, 0.2) is 34.5 Å². The number of thiazole rings is 1. The molecule has 24 heavy (non-hydrogen) atoms. The molecule has 0 bridgehead atoms. The van der Waals surface area contributed by atoms with E-state index in [1.165, 1.54) is 21.2 Å². The molecule has 2 unspecified atom stereocenters. The molecule has 1 saturated heterocycles. The average Bonchev–Trinajstić information content (AvgIpc) is 3.27. The van der Waals surface area contributed by atoms with E-state index in [0.29, 0.717) is 11.8 Å². The van der Waals surface area contributed by atoms with Crippen LogP contribution in [0.25, 0.3) is 0 Å². The van der Waals surface area contributed by atoms with Crippen molar-refractivity contribution in [2.75, 3.05) is 13.1 Å². The van der Waals surface area contributed by atoms with Gasteiger partial charge in [0.1, 0.15) is 0 Å². The van der Waals surface area contributed by atoms with Crippen molar-refractivity contribution in [3.63, 3.8) is 0 Å². The molecule has 0 saturated carbocycles. The molecule has 1 aromatic carbocycles. The van der Waals surface area contributed by atoms with Gasteiger partial charge < -0.3 is 4.90 Å². The Kier molecular flexibility index (Phi) is 4.63. The zero-order valence-corrected chi connectivity index (χ0v) is 15.5. The molecule has 3 heterocycles. The largest absolute Gasteiger partial charge is 0.341 e. The highest BCUT2D eigenvalue weighted by Crippen LogP contribution is 2.38. The topological polar surface area (TPSA) is 33.2 Å². The Morgan fingerprint density at radius 2 is 2.25 bits per heavy atom. The van der Waals surface area contributed by atoms with Crippen molar-refractivity contribution in [3.05, 3.63) is 45.9 Å². The number of aryl methyl sites for hydroxylation is 1. The Labute approximate surface area is 151 Å². The second-order valence-electron chi connectivity index (χ2n) is 6.57. The number of benzene rings is 1. The molecule has 2 atom stereocenters. The number of carbonyl (C=O) groups excluding carboxylic acids is 1. The Balaban J connectivity index is 1.44. The van der Waals surface area contributed by atoms with Gasteiger partial charge in [-0.2, -0.15) is 0 Å². The van der Waals surface area contributed by atoms with Gasteiger partial charge >= 0.3 is 0 Å². The predicted octanol–water partition coefficient (Wildman–Crippen LogP) is 4.13. The monoisotopic (exact) mass is 358 g/mol. The van der Waals surface area contributed by atoms with E-state index in [0.717, 1.165) is 38.8 Å². The van der Waals surface area contributed by atoms with Gasteiger partial charge in [0.25, 0.3) is 0 Å². The van der Waals surface area contributed by atoms with Crippen LogP contribution in [0.3, 0.4) is 0 Å². The number of rotatable bonds is 3. The summed E-state index contributed by atoms with van der Waals surface area (Å²) in [4.78, 5) is 21.1. The van der Waals surface area contributed by atoms with E-state index in [9.17, 15) is 4.79 Å². The van der Waals surface area contributed by atoms with Crippen LogP contribution < -0.4 is 0 Å². The molecule has 4 rings (SSSR count). The fourth-order valence-electron chi connectivity index (χ4n) is 3.57. The molecule has 2 aliphatic rings. The highest BCUT2D eigenvalue weighted by atomic mass is 32.2. The van der Waals surface area contributed by atoms with Crippen LogP contribution in [-0.2, 0) is 17.6 Å². The van der Waals surface area contributed by atoms with Crippen LogP contribution >= 0.6 is 23.1 Å². The van der Waals surface area contributed by atoms with Gasteiger partial charge in [-0.25, -0.2) is 4.98 Å². The Bertz CT molecular complexity index is 717. The van der Waals surface area contributed by atoms with Crippen LogP contribution in [0, 0.1) is 0 Å². The fraction of sp³-hybridized carbons (Fsp3) is 0.474. The summed E-state index contributed by atoms with van der Waals surface area (Å²) in [6.07, 6.45) is 4.10. The molecule has 0 radical (unpaired) electrons. The first-order chi connectivity index (χ1) is 11.7. The molecular weight excluding hydrogens is 336 g/mol. The Hall–Kier alpha value is -1.33. The van der Waals surface area contributed by atoms with Crippen molar-refractivity contribution in [1.82, 2.24) is 9.88 Å². The molecule has 5 heteroatoms. The van der Waals surface area contributed by atoms with E-state index in [1.807, 2.05) is 0 Å². The van der Waals surface area contributed by atoms with Crippen LogP contribution in [0.5, 0.6) is 0 Å². The highest BCUT2D eigenvalue weighted by Gasteiger charge is 2.34. The summed E-state index contributed by atoms with van der Waals surface area (Å²) in [7, 11) is 0. The Morgan fingerprint density at radius 3 is 3.04 bits per heavy atom. The molecule has 0 N–H and O–H groups in total. The molecule has 2 aliphatic heterocycles. The highest BCUT2D eigenvalue weighted by molar-refractivity contribution is 8.01. The number of carbonyl (C=O) groups is 1. The zero-order valence-electron chi connectivity index (χ0n) is 13.9. The summed E-state index contributed by atoms with van der Waals surface area (Å²) < 4.78 is 0. The number of nitrogens with zero attached hydrogens (tertiary/aromatic N) is 2. The molecule has 2 aromatic rings. The summed E-state index contributed by atoms with van der Waals surface area (Å²) in [5.74, 6) is 0.731. The first kappa shape index (κ1) is 16.2. The predicted molar refractivity (Wildman–Crippen MR) is 99.8 cm³/mol. The van der Waals surface area contributed by atoms with E-state index >= 15 is 0 Å². The van der Waals surface area contributed by atoms with Gasteiger partial charge in [0.05, 0.1) is 16.0 Å². The maximum atomic E-state index is 13.0. The van der Waals surface area contributed by atoms with Crippen molar-refractivity contribution in [2.24, 2.45) is 0 Å². The number of fused-ring (bicyclic) bond motifs is 1. The van der Waals surface area contributed by atoms with Crippen LogP contribution in [0.2, 0.25) is 0 Å². The van der Waals surface area contributed by atoms with E-state index < -0.39 is 0 Å². The van der Waals surface area contributed by atoms with Gasteiger partial charge in [0.15, 0.2) is 0 Å². The van der Waals surface area contributed by atoms with Gasteiger partial charge in [-0.05, 0) is 37.3 Å². The summed E-state index contributed by atoms with van der Waals surface area (Å²) in [5, 5.41) is 3.44. The molecule has 0 spiro atoms. The number of piperidine rings is 1. The average molecular weight is 359 g/mol. The molecule has 1 amide bonds. The number of thioether (sulfide) groups is 1. The van der Waals surface area contributed by atoms with Crippen molar-refractivity contribution in [1.29, 1.82) is 0 Å². The van der Waals surface area contributed by atoms with Crippen molar-refractivity contribution < 1.29 is 4.79 Å². The molecule has 1 aromatic heterocycles. The first-order valence-corrected chi connectivity index (χ1v) is 10.5. The minimum absolute atomic E-state index is 0.0589. The number of aromatic nitrogens is 1. The third-order valence-electron chi connectivity index (χ3n) is 4.94. The number of likely N-dealkylation sites (tertiary alicyclic amines) is 1. The third-order valence-corrected chi connectivity index (χ3v) is 7.30. The van der Waals surface area contributed by atoms with Gasteiger partial charge in [0.2, 0.25) is 5.91 Å². The van der Waals surface area contributed by atoms with E-state index in [2.05, 4.69) is 41.5 Å². The van der Waals surface area contributed by atoms with Gasteiger partial charge in [0, 0.05) is 29.3 Å². The smallest absolute Gasteiger partial charge is 0.236 e. The van der Waals surface area contributed by atoms with Gasteiger partial charge in [-0.15, -0.1) is 23.1 Å². The van der Waals surface area contributed by atoms with E-state index in [-0.39, 0.29) is 5.25 Å². The van der Waals surface area contributed by atoms with E-state index in [1.54, 1.807) is 23.1 Å². The molecule has 3 nitrogen and oxygen atoms in total. The SMILES string of the molecule is CCc1csc(C2CCCN(C(=O)C3Cc4ccccc4S3)C2)n1. The fourth-order valence-corrected chi connectivity index (χ4v) is 5.89. The lowest BCUT2D eigenvalue weighted by atomic mass is 9.98. The zero-order chi connectivity index (χ0) is 16.5.